The number of carbonyl (C=O) groups is 2. The molecule has 1 amide bonds. The number of carboxylic acid groups (broad SMARTS) is 1. The molecule has 0 unspecified atom stereocenters. The fourth-order valence-corrected chi connectivity index (χ4v) is 1.94. The molecule has 96 valence electrons. The maximum Gasteiger partial charge on any atom is 0.325 e. The Labute approximate surface area is 104 Å². The van der Waals surface area contributed by atoms with Crippen molar-refractivity contribution in [2.75, 3.05) is 0 Å². The molecule has 0 aliphatic heterocycles. The zero-order valence-corrected chi connectivity index (χ0v) is 9.94. The number of benzene rings is 1. The predicted molar refractivity (Wildman–Crippen MR) is 62.6 cm³/mol. The van der Waals surface area contributed by atoms with Crippen molar-refractivity contribution >= 4 is 11.9 Å². The number of nitrogens with one attached hydrogen (secondary N) is 1. The molecule has 1 aromatic carbocycles. The number of hydrogen-bond acceptors (Lipinski definition) is 2. The van der Waals surface area contributed by atoms with Crippen LogP contribution in [-0.4, -0.2) is 23.0 Å². The standard InChI is InChI=1S/C13H14FNO3/c1-8(11(16)17)15-12(18)13(6-7-13)9-2-4-10(14)5-3-9/h2-5,8H,6-7H2,1H3,(H,15,18)(H,16,17)/t8-/m1/s1. The maximum atomic E-state index is 12.8. The van der Waals surface area contributed by atoms with Crippen molar-refractivity contribution in [3.8, 4) is 0 Å². The minimum Gasteiger partial charge on any atom is -0.480 e. The fourth-order valence-electron chi connectivity index (χ4n) is 1.94. The molecule has 2 N–H and O–H groups in total. The molecular formula is C13H14FNO3. The van der Waals surface area contributed by atoms with E-state index < -0.39 is 17.4 Å². The highest BCUT2D eigenvalue weighted by Gasteiger charge is 2.51. The van der Waals surface area contributed by atoms with E-state index in [-0.39, 0.29) is 11.7 Å². The van der Waals surface area contributed by atoms with Crippen LogP contribution in [0.4, 0.5) is 4.39 Å². The largest absolute Gasteiger partial charge is 0.480 e. The van der Waals surface area contributed by atoms with E-state index in [4.69, 9.17) is 5.11 Å². The van der Waals surface area contributed by atoms with Crippen LogP contribution in [0.15, 0.2) is 24.3 Å². The number of halogens is 1. The summed E-state index contributed by atoms with van der Waals surface area (Å²) in [6.07, 6.45) is 1.33. The topological polar surface area (TPSA) is 66.4 Å². The van der Waals surface area contributed by atoms with Crippen molar-refractivity contribution < 1.29 is 19.1 Å². The second kappa shape index (κ2) is 4.40. The monoisotopic (exact) mass is 251 g/mol. The summed E-state index contributed by atoms with van der Waals surface area (Å²) in [6, 6.07) is 4.85. The summed E-state index contributed by atoms with van der Waals surface area (Å²) < 4.78 is 12.8. The smallest absolute Gasteiger partial charge is 0.325 e. The second-order valence-corrected chi connectivity index (χ2v) is 4.62. The Bertz CT molecular complexity index is 480. The first-order valence-electron chi connectivity index (χ1n) is 5.75. The van der Waals surface area contributed by atoms with Gasteiger partial charge in [0.25, 0.3) is 0 Å². The number of amides is 1. The van der Waals surface area contributed by atoms with Gasteiger partial charge < -0.3 is 10.4 Å². The Morgan fingerprint density at radius 3 is 2.33 bits per heavy atom. The zero-order chi connectivity index (χ0) is 13.3. The third-order valence-electron chi connectivity index (χ3n) is 3.30. The van der Waals surface area contributed by atoms with Gasteiger partial charge >= 0.3 is 5.97 Å². The van der Waals surface area contributed by atoms with Crippen LogP contribution in [0, 0.1) is 5.82 Å². The predicted octanol–water partition coefficient (Wildman–Crippen LogP) is 1.45. The quantitative estimate of drug-likeness (QED) is 0.851. The first-order chi connectivity index (χ1) is 8.45. The highest BCUT2D eigenvalue weighted by atomic mass is 19.1. The van der Waals surface area contributed by atoms with Crippen molar-refractivity contribution in [1.82, 2.24) is 5.32 Å². The van der Waals surface area contributed by atoms with E-state index in [9.17, 15) is 14.0 Å². The number of carboxylic acids is 1. The molecule has 1 atom stereocenters. The van der Waals surface area contributed by atoms with Gasteiger partial charge in [-0.3, -0.25) is 9.59 Å². The van der Waals surface area contributed by atoms with Gasteiger partial charge in [-0.25, -0.2) is 4.39 Å². The van der Waals surface area contributed by atoms with E-state index in [1.54, 1.807) is 12.1 Å². The van der Waals surface area contributed by atoms with Crippen LogP contribution < -0.4 is 5.32 Å². The maximum absolute atomic E-state index is 12.8. The SMILES string of the molecule is C[C@@H](NC(=O)C1(c2ccc(F)cc2)CC1)C(=O)O. The van der Waals surface area contributed by atoms with Gasteiger partial charge in [0.15, 0.2) is 0 Å². The van der Waals surface area contributed by atoms with Gasteiger partial charge in [-0.15, -0.1) is 0 Å². The van der Waals surface area contributed by atoms with E-state index in [1.165, 1.54) is 19.1 Å². The number of hydrogen-bond donors (Lipinski definition) is 2. The lowest BCUT2D eigenvalue weighted by molar-refractivity contribution is -0.141. The van der Waals surface area contributed by atoms with Gasteiger partial charge in [0.05, 0.1) is 5.41 Å². The second-order valence-electron chi connectivity index (χ2n) is 4.62. The summed E-state index contributed by atoms with van der Waals surface area (Å²) in [4.78, 5) is 22.8. The van der Waals surface area contributed by atoms with Crippen molar-refractivity contribution in [2.24, 2.45) is 0 Å². The lowest BCUT2D eigenvalue weighted by atomic mass is 9.94. The molecule has 5 heteroatoms. The molecule has 1 aliphatic rings. The normalized spacial score (nSPS) is 17.9. The Morgan fingerprint density at radius 1 is 1.33 bits per heavy atom. The average molecular weight is 251 g/mol. The average Bonchev–Trinajstić information content (AvgIpc) is 3.11. The van der Waals surface area contributed by atoms with Gasteiger partial charge in [0.2, 0.25) is 5.91 Å². The Balaban J connectivity index is 2.14. The van der Waals surface area contributed by atoms with Gasteiger partial charge in [-0.05, 0) is 37.5 Å². The third-order valence-corrected chi connectivity index (χ3v) is 3.30. The molecule has 4 nitrogen and oxygen atoms in total. The highest BCUT2D eigenvalue weighted by molar-refractivity contribution is 5.93. The van der Waals surface area contributed by atoms with Crippen molar-refractivity contribution in [3.05, 3.63) is 35.6 Å². The van der Waals surface area contributed by atoms with Crippen LogP contribution in [0.3, 0.4) is 0 Å². The van der Waals surface area contributed by atoms with Crippen molar-refractivity contribution in [2.45, 2.75) is 31.2 Å². The lowest BCUT2D eigenvalue weighted by Gasteiger charge is -2.17. The molecule has 1 aromatic rings. The first-order valence-corrected chi connectivity index (χ1v) is 5.75. The molecule has 1 saturated carbocycles. The fraction of sp³-hybridized carbons (Fsp3) is 0.385. The number of rotatable bonds is 4. The summed E-state index contributed by atoms with van der Waals surface area (Å²) in [5.41, 5.74) is 0.0659. The van der Waals surface area contributed by atoms with E-state index in [0.29, 0.717) is 12.8 Å². The molecule has 0 heterocycles. The Morgan fingerprint density at radius 2 is 1.89 bits per heavy atom. The summed E-state index contributed by atoms with van der Waals surface area (Å²) in [5.74, 6) is -1.73. The Hall–Kier alpha value is -1.91. The summed E-state index contributed by atoms with van der Waals surface area (Å²) in [7, 11) is 0. The van der Waals surface area contributed by atoms with Gasteiger partial charge in [-0.1, -0.05) is 12.1 Å². The molecule has 1 aliphatic carbocycles. The molecule has 18 heavy (non-hydrogen) atoms. The molecule has 0 bridgehead atoms. The van der Waals surface area contributed by atoms with Gasteiger partial charge in [0.1, 0.15) is 11.9 Å². The van der Waals surface area contributed by atoms with Gasteiger partial charge in [0, 0.05) is 0 Å². The van der Waals surface area contributed by atoms with Crippen LogP contribution in [0.2, 0.25) is 0 Å². The summed E-state index contributed by atoms with van der Waals surface area (Å²) in [6.45, 7) is 1.42. The molecule has 0 aromatic heterocycles. The van der Waals surface area contributed by atoms with Crippen LogP contribution in [0.5, 0.6) is 0 Å². The van der Waals surface area contributed by atoms with Crippen LogP contribution in [-0.2, 0) is 15.0 Å². The van der Waals surface area contributed by atoms with Gasteiger partial charge in [-0.2, -0.15) is 0 Å². The van der Waals surface area contributed by atoms with Crippen LogP contribution in [0.1, 0.15) is 25.3 Å². The summed E-state index contributed by atoms with van der Waals surface area (Å²) >= 11 is 0. The molecule has 0 spiro atoms. The number of carbonyl (C=O) groups excluding carboxylic acids is 1. The molecule has 0 saturated heterocycles. The van der Waals surface area contributed by atoms with Crippen LogP contribution >= 0.6 is 0 Å². The van der Waals surface area contributed by atoms with E-state index in [1.807, 2.05) is 0 Å². The Kier molecular flexibility index (Phi) is 3.07. The molecule has 1 fully saturated rings. The minimum atomic E-state index is -1.07. The highest BCUT2D eigenvalue weighted by Crippen LogP contribution is 2.48. The lowest BCUT2D eigenvalue weighted by Crippen LogP contribution is -2.43. The van der Waals surface area contributed by atoms with E-state index in [2.05, 4.69) is 5.32 Å². The number of aliphatic carboxylic acids is 1. The van der Waals surface area contributed by atoms with Crippen molar-refractivity contribution in [1.29, 1.82) is 0 Å². The van der Waals surface area contributed by atoms with E-state index >= 15 is 0 Å². The third kappa shape index (κ3) is 2.20. The van der Waals surface area contributed by atoms with Crippen LogP contribution in [0.25, 0.3) is 0 Å². The minimum absolute atomic E-state index is 0.302. The van der Waals surface area contributed by atoms with Crippen molar-refractivity contribution in [3.63, 3.8) is 0 Å². The molecule has 2 rings (SSSR count). The first kappa shape index (κ1) is 12.5. The molecule has 0 radical (unpaired) electrons. The van der Waals surface area contributed by atoms with E-state index in [0.717, 1.165) is 5.56 Å². The molecular weight excluding hydrogens is 237 g/mol. The summed E-state index contributed by atoms with van der Waals surface area (Å²) in [5, 5.41) is 11.2. The zero-order valence-electron chi connectivity index (χ0n) is 9.94.